The Bertz CT molecular complexity index is 1370. The van der Waals surface area contributed by atoms with Gasteiger partial charge in [-0.25, -0.2) is 17.8 Å². The van der Waals surface area contributed by atoms with Gasteiger partial charge in [-0.3, -0.25) is 9.52 Å². The molecule has 1 fully saturated rings. The molecule has 0 saturated carbocycles. The predicted octanol–water partition coefficient (Wildman–Crippen LogP) is 5.91. The number of rotatable bonds is 10. The summed E-state index contributed by atoms with van der Waals surface area (Å²) in [5, 5.41) is 11.2. The quantitative estimate of drug-likeness (QED) is 0.303. The third-order valence-corrected chi connectivity index (χ3v) is 8.45. The Morgan fingerprint density at radius 2 is 2.08 bits per heavy atom. The molecule has 0 aliphatic carbocycles. The number of aliphatic carboxylic acids is 1. The van der Waals surface area contributed by atoms with E-state index in [0.717, 1.165) is 37.1 Å². The Kier molecular flexibility index (Phi) is 8.91. The summed E-state index contributed by atoms with van der Waals surface area (Å²) in [6.45, 7) is 2.09. The Balaban J connectivity index is 1.47. The van der Waals surface area contributed by atoms with Gasteiger partial charge in [-0.1, -0.05) is 23.2 Å². The van der Waals surface area contributed by atoms with Crippen molar-refractivity contribution in [3.05, 3.63) is 62.6 Å². The fourth-order valence-corrected chi connectivity index (χ4v) is 6.27. The van der Waals surface area contributed by atoms with Crippen molar-refractivity contribution < 1.29 is 27.4 Å². The Hall–Kier alpha value is -2.44. The van der Waals surface area contributed by atoms with E-state index < -0.39 is 26.7 Å². The molecule has 1 aromatic heterocycles. The predicted molar refractivity (Wildman–Crippen MR) is 141 cm³/mol. The summed E-state index contributed by atoms with van der Waals surface area (Å²) in [5.41, 5.74) is 2.21. The molecule has 4 rings (SSSR count). The lowest BCUT2D eigenvalue weighted by Crippen LogP contribution is -2.39. The number of carboxylic acids is 1. The molecule has 0 radical (unpaired) electrons. The van der Waals surface area contributed by atoms with Crippen LogP contribution in [0.25, 0.3) is 0 Å². The number of nitrogens with one attached hydrogen (secondary N) is 1. The number of nitrogens with zero attached hydrogens (tertiary/aromatic N) is 2. The van der Waals surface area contributed by atoms with E-state index in [2.05, 4.69) is 14.6 Å². The summed E-state index contributed by atoms with van der Waals surface area (Å²) in [7, 11) is -4.25. The minimum absolute atomic E-state index is 0.0457. The zero-order chi connectivity index (χ0) is 26.6. The average Bonchev–Trinajstić information content (AvgIpc) is 3.35. The number of aryl methyl sites for hydroxylation is 1. The molecular weight excluding hydrogens is 564 g/mol. The summed E-state index contributed by atoms with van der Waals surface area (Å²) >= 11 is 13.7. The van der Waals surface area contributed by atoms with Gasteiger partial charge in [0.2, 0.25) is 0 Å². The first-order valence-corrected chi connectivity index (χ1v) is 14.6. The first-order valence-electron chi connectivity index (χ1n) is 11.4. The van der Waals surface area contributed by atoms with Crippen LogP contribution in [0.3, 0.4) is 0 Å². The van der Waals surface area contributed by atoms with Gasteiger partial charge in [0.15, 0.2) is 5.82 Å². The first-order chi connectivity index (χ1) is 17.6. The van der Waals surface area contributed by atoms with E-state index in [1.54, 1.807) is 18.2 Å². The van der Waals surface area contributed by atoms with Crippen LogP contribution in [-0.4, -0.2) is 49.0 Å². The van der Waals surface area contributed by atoms with Gasteiger partial charge in [-0.05, 0) is 68.6 Å². The van der Waals surface area contributed by atoms with E-state index >= 15 is 0 Å². The van der Waals surface area contributed by atoms with Crippen molar-refractivity contribution in [3.63, 3.8) is 0 Å². The molecule has 1 aliphatic rings. The molecule has 37 heavy (non-hydrogen) atoms. The lowest BCUT2D eigenvalue weighted by atomic mass is 9.98. The third-order valence-electron chi connectivity index (χ3n) is 5.96. The highest BCUT2D eigenvalue weighted by Gasteiger charge is 2.25. The van der Waals surface area contributed by atoms with E-state index in [1.807, 2.05) is 0 Å². The second kappa shape index (κ2) is 12.0. The van der Waals surface area contributed by atoms with Crippen LogP contribution in [0.4, 0.5) is 10.2 Å². The zero-order valence-corrected chi connectivity index (χ0v) is 22.6. The van der Waals surface area contributed by atoms with Crippen molar-refractivity contribution in [1.29, 1.82) is 0 Å². The lowest BCUT2D eigenvalue weighted by molar-refractivity contribution is -0.143. The molecule has 1 atom stereocenters. The first kappa shape index (κ1) is 27.6. The Morgan fingerprint density at radius 3 is 2.81 bits per heavy atom. The highest BCUT2D eigenvalue weighted by atomic mass is 35.5. The second-order valence-corrected chi connectivity index (χ2v) is 11.8. The highest BCUT2D eigenvalue weighted by molar-refractivity contribution is 7.92. The van der Waals surface area contributed by atoms with Gasteiger partial charge in [0.25, 0.3) is 10.0 Å². The van der Waals surface area contributed by atoms with Crippen LogP contribution in [0, 0.1) is 11.7 Å². The van der Waals surface area contributed by atoms with Gasteiger partial charge in [-0.2, -0.15) is 0 Å². The number of carbonyl (C=O) groups is 1. The number of carboxylic acid groups (broad SMARTS) is 1. The summed E-state index contributed by atoms with van der Waals surface area (Å²) in [6, 6.07) is 6.93. The second-order valence-electron chi connectivity index (χ2n) is 8.63. The van der Waals surface area contributed by atoms with Crippen molar-refractivity contribution >= 4 is 56.3 Å². The van der Waals surface area contributed by atoms with Gasteiger partial charge in [0, 0.05) is 23.0 Å². The van der Waals surface area contributed by atoms with Crippen molar-refractivity contribution in [3.8, 4) is 11.5 Å². The van der Waals surface area contributed by atoms with Crippen molar-refractivity contribution in [2.45, 2.75) is 30.6 Å². The van der Waals surface area contributed by atoms with Gasteiger partial charge < -0.3 is 14.7 Å². The fourth-order valence-electron chi connectivity index (χ4n) is 4.16. The smallest absolute Gasteiger partial charge is 0.307 e. The number of benzene rings is 2. The number of likely N-dealkylation sites (tertiary alicyclic amines) is 1. The molecular formula is C24H24Cl2FN3O5S2. The number of piperidine rings is 1. The van der Waals surface area contributed by atoms with Crippen LogP contribution in [0.2, 0.25) is 10.0 Å². The molecule has 0 spiro atoms. The minimum atomic E-state index is -4.25. The molecule has 2 aromatic carbocycles. The molecule has 0 bridgehead atoms. The molecule has 13 heteroatoms. The van der Waals surface area contributed by atoms with E-state index in [9.17, 15) is 22.7 Å². The van der Waals surface area contributed by atoms with Gasteiger partial charge in [0.1, 0.15) is 22.2 Å². The molecule has 0 amide bonds. The normalized spacial score (nSPS) is 16.5. The van der Waals surface area contributed by atoms with Crippen molar-refractivity contribution in [2.75, 3.05) is 24.4 Å². The van der Waals surface area contributed by atoms with Crippen LogP contribution in [0.15, 0.2) is 46.1 Å². The van der Waals surface area contributed by atoms with E-state index in [0.29, 0.717) is 36.7 Å². The number of anilines is 1. The lowest BCUT2D eigenvalue weighted by Gasteiger charge is -2.30. The standard InChI is InChI=1S/C24H24Cl2FN3O5S2/c25-17-5-6-20(15(9-17)3-1-7-30-8-2-4-16(12-30)24(31)32)35-21-11-19(27)22(10-18(21)26)37(33,34)29-23-13-36-14-28-23/h5-6,9-11,13-14,16,29H,1-4,7-8,12H2,(H,31,32). The topological polar surface area (TPSA) is 109 Å². The summed E-state index contributed by atoms with van der Waals surface area (Å²) in [6.07, 6.45) is 2.84. The third kappa shape index (κ3) is 7.11. The van der Waals surface area contributed by atoms with Gasteiger partial charge in [-0.15, -0.1) is 11.3 Å². The molecule has 2 N–H and O–H groups in total. The molecule has 198 valence electrons. The SMILES string of the molecule is O=C(O)C1CCCN(CCCc2cc(Cl)ccc2Oc2cc(F)c(S(=O)(=O)Nc3cscn3)cc2Cl)C1. The number of thiazole rings is 1. The maximum absolute atomic E-state index is 14.9. The van der Waals surface area contributed by atoms with Crippen molar-refractivity contribution in [2.24, 2.45) is 5.92 Å². The number of aromatic nitrogens is 1. The van der Waals surface area contributed by atoms with Crippen LogP contribution < -0.4 is 9.46 Å². The van der Waals surface area contributed by atoms with E-state index in [4.69, 9.17) is 27.9 Å². The molecule has 1 unspecified atom stereocenters. The monoisotopic (exact) mass is 587 g/mol. The Morgan fingerprint density at radius 1 is 1.27 bits per heavy atom. The van der Waals surface area contributed by atoms with Crippen LogP contribution in [0.1, 0.15) is 24.8 Å². The van der Waals surface area contributed by atoms with E-state index in [1.165, 1.54) is 22.2 Å². The van der Waals surface area contributed by atoms with E-state index in [-0.39, 0.29) is 22.5 Å². The zero-order valence-electron chi connectivity index (χ0n) is 19.5. The number of ether oxygens (including phenoxy) is 1. The fraction of sp³-hybridized carbons (Fsp3) is 0.333. The van der Waals surface area contributed by atoms with Crippen LogP contribution >= 0.6 is 34.5 Å². The number of halogens is 3. The molecule has 8 nitrogen and oxygen atoms in total. The number of hydrogen-bond donors (Lipinski definition) is 2. The Labute approximate surface area is 228 Å². The molecule has 1 aliphatic heterocycles. The molecule has 1 saturated heterocycles. The molecule has 3 aromatic rings. The summed E-state index contributed by atoms with van der Waals surface area (Å²) in [4.78, 5) is 16.7. The minimum Gasteiger partial charge on any atom is -0.481 e. The highest BCUT2D eigenvalue weighted by Crippen LogP contribution is 2.36. The maximum Gasteiger partial charge on any atom is 0.307 e. The van der Waals surface area contributed by atoms with Crippen LogP contribution in [-0.2, 0) is 21.2 Å². The maximum atomic E-state index is 14.9. The summed E-state index contributed by atoms with van der Waals surface area (Å²) < 4.78 is 48.2. The summed E-state index contributed by atoms with van der Waals surface area (Å²) in [5.74, 6) is -1.71. The largest absolute Gasteiger partial charge is 0.481 e. The van der Waals surface area contributed by atoms with Crippen LogP contribution in [0.5, 0.6) is 11.5 Å². The van der Waals surface area contributed by atoms with Gasteiger partial charge >= 0.3 is 5.97 Å². The number of hydrogen-bond acceptors (Lipinski definition) is 7. The molecule has 2 heterocycles. The van der Waals surface area contributed by atoms with Gasteiger partial charge in [0.05, 0.1) is 16.5 Å². The average molecular weight is 589 g/mol. The van der Waals surface area contributed by atoms with Crippen molar-refractivity contribution in [1.82, 2.24) is 9.88 Å². The number of sulfonamides is 1.